The van der Waals surface area contributed by atoms with Crippen molar-refractivity contribution in [1.29, 1.82) is 0 Å². The number of carbonyl (C=O) groups excluding carboxylic acids is 1. The molecule has 0 fully saturated rings. The summed E-state index contributed by atoms with van der Waals surface area (Å²) < 4.78 is 16.0. The van der Waals surface area contributed by atoms with E-state index in [0.717, 1.165) is 11.1 Å². The van der Waals surface area contributed by atoms with Gasteiger partial charge in [-0.15, -0.1) is 0 Å². The van der Waals surface area contributed by atoms with Gasteiger partial charge in [0.25, 0.3) is 0 Å². The number of benzene rings is 1. The van der Waals surface area contributed by atoms with E-state index < -0.39 is 0 Å². The van der Waals surface area contributed by atoms with Crippen molar-refractivity contribution < 1.29 is 18.7 Å². The third kappa shape index (κ3) is 5.01. The van der Waals surface area contributed by atoms with Gasteiger partial charge in [0.05, 0.1) is 27.0 Å². The number of amides is 1. The fraction of sp³-hybridized carbons (Fsp3) is 0.182. The maximum Gasteiger partial charge on any atom is 0.247 e. The van der Waals surface area contributed by atoms with E-state index in [9.17, 15) is 4.79 Å². The van der Waals surface area contributed by atoms with Crippen LogP contribution in [-0.4, -0.2) is 30.0 Å². The molecule has 144 valence electrons. The predicted octanol–water partition coefficient (Wildman–Crippen LogP) is 3.93. The molecule has 0 aliphatic heterocycles. The molecule has 1 aromatic carbocycles. The molecule has 0 radical (unpaired) electrons. The maximum atomic E-state index is 12.9. The molecule has 0 bridgehead atoms. The van der Waals surface area contributed by atoms with Crippen LogP contribution in [0.1, 0.15) is 16.9 Å². The second-order valence-corrected chi connectivity index (χ2v) is 6.08. The van der Waals surface area contributed by atoms with Gasteiger partial charge in [0.2, 0.25) is 5.91 Å². The van der Waals surface area contributed by atoms with Crippen LogP contribution in [0.3, 0.4) is 0 Å². The molecule has 3 aromatic rings. The summed E-state index contributed by atoms with van der Waals surface area (Å²) in [6, 6.07) is 12.9. The first-order chi connectivity index (χ1) is 13.7. The molecule has 0 spiro atoms. The van der Waals surface area contributed by atoms with Gasteiger partial charge in [-0.1, -0.05) is 6.07 Å². The maximum absolute atomic E-state index is 12.9. The van der Waals surface area contributed by atoms with Crippen LogP contribution in [0.5, 0.6) is 11.5 Å². The monoisotopic (exact) mass is 378 g/mol. The van der Waals surface area contributed by atoms with E-state index in [4.69, 9.17) is 13.9 Å². The summed E-state index contributed by atoms with van der Waals surface area (Å²) in [5, 5.41) is 0. The Balaban J connectivity index is 1.79. The first kappa shape index (κ1) is 19.2. The molecule has 0 aliphatic rings. The van der Waals surface area contributed by atoms with Crippen LogP contribution in [0.15, 0.2) is 71.6 Å². The fourth-order valence-electron chi connectivity index (χ4n) is 2.74. The highest BCUT2D eigenvalue weighted by Crippen LogP contribution is 2.25. The van der Waals surface area contributed by atoms with E-state index in [1.165, 1.54) is 6.08 Å². The summed E-state index contributed by atoms with van der Waals surface area (Å²) >= 11 is 0. The Bertz CT molecular complexity index is 921. The Labute approximate surface area is 164 Å². The molecular formula is C22H22N2O4. The lowest BCUT2D eigenvalue weighted by Gasteiger charge is -2.20. The largest absolute Gasteiger partial charge is 0.497 e. The molecule has 0 aliphatic carbocycles. The van der Waals surface area contributed by atoms with E-state index in [1.807, 2.05) is 30.3 Å². The van der Waals surface area contributed by atoms with Crippen LogP contribution < -0.4 is 9.47 Å². The zero-order valence-corrected chi connectivity index (χ0v) is 15.9. The molecule has 6 nitrogen and oxygen atoms in total. The van der Waals surface area contributed by atoms with Crippen molar-refractivity contribution in [2.45, 2.75) is 13.1 Å². The predicted molar refractivity (Wildman–Crippen MR) is 106 cm³/mol. The van der Waals surface area contributed by atoms with Crippen molar-refractivity contribution in [3.63, 3.8) is 0 Å². The van der Waals surface area contributed by atoms with Crippen LogP contribution in [-0.2, 0) is 17.9 Å². The second-order valence-electron chi connectivity index (χ2n) is 6.08. The highest BCUT2D eigenvalue weighted by molar-refractivity contribution is 5.92. The number of ether oxygens (including phenoxy) is 2. The summed E-state index contributed by atoms with van der Waals surface area (Å²) in [4.78, 5) is 18.7. The minimum atomic E-state index is -0.141. The van der Waals surface area contributed by atoms with Gasteiger partial charge in [-0.25, -0.2) is 0 Å². The minimum absolute atomic E-state index is 0.141. The van der Waals surface area contributed by atoms with E-state index in [1.54, 1.807) is 56.0 Å². The molecule has 3 rings (SSSR count). The second kappa shape index (κ2) is 9.41. The summed E-state index contributed by atoms with van der Waals surface area (Å²) in [5.41, 5.74) is 1.73. The number of hydrogen-bond donors (Lipinski definition) is 0. The molecular weight excluding hydrogens is 356 g/mol. The van der Waals surface area contributed by atoms with E-state index >= 15 is 0 Å². The molecule has 0 atom stereocenters. The van der Waals surface area contributed by atoms with Crippen molar-refractivity contribution in [2.24, 2.45) is 0 Å². The number of nitrogens with zero attached hydrogens (tertiary/aromatic N) is 2. The Hall–Kier alpha value is -3.54. The van der Waals surface area contributed by atoms with Crippen LogP contribution >= 0.6 is 0 Å². The lowest BCUT2D eigenvalue weighted by molar-refractivity contribution is -0.127. The van der Waals surface area contributed by atoms with Gasteiger partial charge in [0.1, 0.15) is 17.3 Å². The van der Waals surface area contributed by atoms with Gasteiger partial charge in [0, 0.05) is 36.6 Å². The van der Waals surface area contributed by atoms with Gasteiger partial charge in [-0.05, 0) is 42.0 Å². The molecule has 0 saturated heterocycles. The van der Waals surface area contributed by atoms with Crippen LogP contribution in [0, 0.1) is 0 Å². The Morgan fingerprint density at radius 3 is 2.71 bits per heavy atom. The summed E-state index contributed by atoms with van der Waals surface area (Å²) in [6.45, 7) is 0.794. The van der Waals surface area contributed by atoms with Gasteiger partial charge in [-0.2, -0.15) is 0 Å². The number of furan rings is 1. The lowest BCUT2D eigenvalue weighted by atomic mass is 10.1. The Kier molecular flexibility index (Phi) is 6.46. The standard InChI is InChI=1S/C22H22N2O4/c1-26-19-9-7-18(21(13-19)27-2)8-10-22(25)24(16-20-6-4-12-28-20)15-17-5-3-11-23-14-17/h3-14H,15-16H2,1-2H3. The fourth-order valence-corrected chi connectivity index (χ4v) is 2.74. The molecule has 0 unspecified atom stereocenters. The van der Waals surface area contributed by atoms with Gasteiger partial charge >= 0.3 is 0 Å². The Morgan fingerprint density at radius 1 is 1.14 bits per heavy atom. The zero-order chi connectivity index (χ0) is 19.8. The van der Waals surface area contributed by atoms with Crippen LogP contribution in [0.2, 0.25) is 0 Å². The average molecular weight is 378 g/mol. The van der Waals surface area contributed by atoms with E-state index in [0.29, 0.717) is 30.3 Å². The van der Waals surface area contributed by atoms with Crippen LogP contribution in [0.4, 0.5) is 0 Å². The molecule has 2 heterocycles. The number of hydrogen-bond acceptors (Lipinski definition) is 5. The number of pyridine rings is 1. The topological polar surface area (TPSA) is 64.8 Å². The third-order valence-corrected chi connectivity index (χ3v) is 4.18. The van der Waals surface area contributed by atoms with E-state index in [2.05, 4.69) is 4.98 Å². The van der Waals surface area contributed by atoms with Crippen molar-refractivity contribution in [3.8, 4) is 11.5 Å². The first-order valence-corrected chi connectivity index (χ1v) is 8.80. The number of carbonyl (C=O) groups is 1. The van der Waals surface area contributed by atoms with Crippen molar-refractivity contribution in [1.82, 2.24) is 9.88 Å². The molecule has 1 amide bonds. The average Bonchev–Trinajstić information content (AvgIpc) is 3.25. The molecule has 0 N–H and O–H groups in total. The van der Waals surface area contributed by atoms with Crippen molar-refractivity contribution in [2.75, 3.05) is 14.2 Å². The van der Waals surface area contributed by atoms with Gasteiger partial charge < -0.3 is 18.8 Å². The highest BCUT2D eigenvalue weighted by atomic mass is 16.5. The molecule has 2 aromatic heterocycles. The quantitative estimate of drug-likeness (QED) is 0.556. The summed E-state index contributed by atoms with van der Waals surface area (Å²) in [7, 11) is 3.18. The normalized spacial score (nSPS) is 10.8. The molecule has 28 heavy (non-hydrogen) atoms. The van der Waals surface area contributed by atoms with Gasteiger partial charge in [0.15, 0.2) is 0 Å². The minimum Gasteiger partial charge on any atom is -0.497 e. The SMILES string of the molecule is COc1ccc(C=CC(=O)N(Cc2cccnc2)Cc2ccco2)c(OC)c1. The summed E-state index contributed by atoms with van der Waals surface area (Å²) in [6.07, 6.45) is 8.32. The molecule has 0 saturated carbocycles. The third-order valence-electron chi connectivity index (χ3n) is 4.18. The van der Waals surface area contributed by atoms with Gasteiger partial charge in [-0.3, -0.25) is 9.78 Å². The molecule has 6 heteroatoms. The lowest BCUT2D eigenvalue weighted by Crippen LogP contribution is -2.28. The Morgan fingerprint density at radius 2 is 2.04 bits per heavy atom. The van der Waals surface area contributed by atoms with Crippen molar-refractivity contribution >= 4 is 12.0 Å². The zero-order valence-electron chi connectivity index (χ0n) is 15.9. The van der Waals surface area contributed by atoms with Crippen LogP contribution in [0.25, 0.3) is 6.08 Å². The first-order valence-electron chi connectivity index (χ1n) is 8.80. The smallest absolute Gasteiger partial charge is 0.247 e. The highest BCUT2D eigenvalue weighted by Gasteiger charge is 2.14. The summed E-state index contributed by atoms with van der Waals surface area (Å²) in [5.74, 6) is 1.90. The number of aromatic nitrogens is 1. The van der Waals surface area contributed by atoms with E-state index in [-0.39, 0.29) is 5.91 Å². The van der Waals surface area contributed by atoms with Crippen molar-refractivity contribution in [3.05, 3.63) is 84.1 Å². The number of rotatable bonds is 8. The number of methoxy groups -OCH3 is 2.